The minimum atomic E-state index is -0.699. The molecule has 0 unspecified atom stereocenters. The number of nitrogen functional groups attached to an aromatic ring is 1. The second-order valence-corrected chi connectivity index (χ2v) is 4.89. The zero-order valence-corrected chi connectivity index (χ0v) is 11.6. The number of rotatable bonds is 2. The van der Waals surface area contributed by atoms with E-state index < -0.39 is 23.2 Å². The smallest absolute Gasteiger partial charge is 0.262 e. The van der Waals surface area contributed by atoms with Gasteiger partial charge >= 0.3 is 0 Å². The van der Waals surface area contributed by atoms with Crippen LogP contribution in [-0.2, 0) is 6.42 Å². The highest BCUT2D eigenvalue weighted by Gasteiger charge is 2.31. The molecule has 1 aliphatic heterocycles. The number of aromatic nitrogens is 1. The van der Waals surface area contributed by atoms with Crippen LogP contribution in [0.5, 0.6) is 0 Å². The van der Waals surface area contributed by atoms with Crippen molar-refractivity contribution < 1.29 is 14.0 Å². The molecule has 2 aromatic rings. The highest BCUT2D eigenvalue weighted by molar-refractivity contribution is 6.23. The van der Waals surface area contributed by atoms with Crippen molar-refractivity contribution in [3.63, 3.8) is 0 Å². The van der Waals surface area contributed by atoms with E-state index in [0.717, 1.165) is 16.7 Å². The van der Waals surface area contributed by atoms with Crippen LogP contribution in [0.15, 0.2) is 29.1 Å². The van der Waals surface area contributed by atoms with E-state index in [1.807, 2.05) is 6.07 Å². The molecule has 0 radical (unpaired) electrons. The van der Waals surface area contributed by atoms with Crippen LogP contribution < -0.4 is 16.6 Å². The summed E-state index contributed by atoms with van der Waals surface area (Å²) in [5.74, 6) is -2.19. The maximum absolute atomic E-state index is 13.6. The average Bonchev–Trinajstić information content (AvgIpc) is 2.77. The Morgan fingerprint density at radius 1 is 1.22 bits per heavy atom. The molecule has 3 N–H and O–H groups in total. The Kier molecular flexibility index (Phi) is 3.19. The highest BCUT2D eigenvalue weighted by Crippen LogP contribution is 2.23. The molecule has 0 atom stereocenters. The first kappa shape index (κ1) is 14.5. The zero-order valence-electron chi connectivity index (χ0n) is 11.6. The van der Waals surface area contributed by atoms with Gasteiger partial charge in [0.15, 0.2) is 0 Å². The summed E-state index contributed by atoms with van der Waals surface area (Å²) in [4.78, 5) is 35.6. The molecule has 0 fully saturated rings. The maximum atomic E-state index is 13.6. The van der Waals surface area contributed by atoms with Crippen LogP contribution in [-0.4, -0.2) is 16.4 Å². The van der Waals surface area contributed by atoms with E-state index in [1.165, 1.54) is 12.1 Å². The van der Waals surface area contributed by atoms with Gasteiger partial charge in [0.2, 0.25) is 0 Å². The van der Waals surface area contributed by atoms with Gasteiger partial charge in [-0.05, 0) is 18.2 Å². The van der Waals surface area contributed by atoms with E-state index in [2.05, 4.69) is 5.32 Å². The van der Waals surface area contributed by atoms with Crippen molar-refractivity contribution >= 4 is 17.6 Å². The number of anilines is 1. The Bertz CT molecular complexity index is 972. The summed E-state index contributed by atoms with van der Waals surface area (Å²) in [7, 11) is 0. The van der Waals surface area contributed by atoms with Gasteiger partial charge in [0, 0.05) is 11.6 Å². The van der Waals surface area contributed by atoms with Gasteiger partial charge in [0.1, 0.15) is 11.6 Å². The van der Waals surface area contributed by atoms with Gasteiger partial charge in [-0.1, -0.05) is 0 Å². The van der Waals surface area contributed by atoms with Gasteiger partial charge in [-0.3, -0.25) is 24.3 Å². The lowest BCUT2D eigenvalue weighted by Gasteiger charge is -2.12. The third-order valence-corrected chi connectivity index (χ3v) is 3.51. The molecule has 2 heterocycles. The number of nitrogens with two attached hydrogens (primary N) is 1. The molecule has 0 saturated carbocycles. The van der Waals surface area contributed by atoms with Gasteiger partial charge in [-0.2, -0.15) is 5.26 Å². The Hall–Kier alpha value is -3.47. The second-order valence-electron chi connectivity index (χ2n) is 4.89. The first-order chi connectivity index (χ1) is 10.9. The van der Waals surface area contributed by atoms with Crippen molar-refractivity contribution in [3.05, 3.63) is 57.1 Å². The predicted octanol–water partition coefficient (Wildman–Crippen LogP) is 0.508. The van der Waals surface area contributed by atoms with Crippen molar-refractivity contribution in [2.24, 2.45) is 0 Å². The van der Waals surface area contributed by atoms with Gasteiger partial charge in [-0.25, -0.2) is 4.39 Å². The number of hydrogen-bond donors (Lipinski definition) is 2. The molecule has 3 rings (SSSR count). The summed E-state index contributed by atoms with van der Waals surface area (Å²) in [5.41, 5.74) is 5.35. The summed E-state index contributed by atoms with van der Waals surface area (Å²) in [6.45, 7) is 0. The first-order valence-corrected chi connectivity index (χ1v) is 6.51. The molecule has 0 bridgehead atoms. The Morgan fingerprint density at radius 3 is 2.65 bits per heavy atom. The number of fused-ring (bicyclic) bond motifs is 1. The molecular weight excluding hydrogens is 303 g/mol. The van der Waals surface area contributed by atoms with Gasteiger partial charge in [0.05, 0.1) is 29.3 Å². The van der Waals surface area contributed by atoms with E-state index in [9.17, 15) is 18.8 Å². The molecule has 0 saturated heterocycles. The Balaban J connectivity index is 2.27. The van der Waals surface area contributed by atoms with Crippen LogP contribution in [0.1, 0.15) is 26.3 Å². The van der Waals surface area contributed by atoms with Crippen LogP contribution in [0.4, 0.5) is 10.2 Å². The lowest BCUT2D eigenvalue weighted by atomic mass is 10.1. The lowest BCUT2D eigenvalue weighted by molar-refractivity contribution is 0.0880. The summed E-state index contributed by atoms with van der Waals surface area (Å²) >= 11 is 0. The fraction of sp³-hybridized carbons (Fsp3) is 0.0667. The van der Waals surface area contributed by atoms with Gasteiger partial charge < -0.3 is 5.73 Å². The monoisotopic (exact) mass is 312 g/mol. The molecule has 1 aliphatic rings. The number of carbonyl (C=O) groups is 2. The number of carbonyl (C=O) groups excluding carboxylic acids is 2. The normalized spacial score (nSPS) is 12.7. The van der Waals surface area contributed by atoms with Crippen LogP contribution in [0.2, 0.25) is 0 Å². The molecule has 2 amide bonds. The van der Waals surface area contributed by atoms with Crippen molar-refractivity contribution in [1.82, 2.24) is 9.88 Å². The molecule has 23 heavy (non-hydrogen) atoms. The molecular formula is C15H9FN4O3. The minimum absolute atomic E-state index is 0.0897. The summed E-state index contributed by atoms with van der Waals surface area (Å²) < 4.78 is 14.6. The number of nitrogens with one attached hydrogen (secondary N) is 1. The van der Waals surface area contributed by atoms with E-state index >= 15 is 0 Å². The van der Waals surface area contributed by atoms with Crippen LogP contribution in [0, 0.1) is 17.1 Å². The molecule has 0 aliphatic carbocycles. The molecule has 1 aromatic heterocycles. The van der Waals surface area contributed by atoms with Crippen LogP contribution in [0.3, 0.4) is 0 Å². The zero-order chi connectivity index (χ0) is 16.7. The standard InChI is InChI=1S/C15H9FN4O3/c16-10-2-1-8(5-7(10)3-4-17)20-11(21)6-9-12(13(20)18)15(23)19-14(9)22/h1-2,5-6H,3,18H2,(H,19,22,23). The van der Waals surface area contributed by atoms with E-state index in [-0.39, 0.29) is 34.6 Å². The number of benzene rings is 1. The minimum Gasteiger partial charge on any atom is -0.384 e. The van der Waals surface area contributed by atoms with Crippen LogP contribution in [0.25, 0.3) is 5.69 Å². The number of pyridine rings is 1. The van der Waals surface area contributed by atoms with Gasteiger partial charge in [-0.15, -0.1) is 0 Å². The second kappa shape index (κ2) is 5.06. The van der Waals surface area contributed by atoms with Crippen LogP contribution >= 0.6 is 0 Å². The van der Waals surface area contributed by atoms with Crippen molar-refractivity contribution in [1.29, 1.82) is 5.26 Å². The third kappa shape index (κ3) is 2.15. The molecule has 7 nitrogen and oxygen atoms in total. The third-order valence-electron chi connectivity index (χ3n) is 3.51. The fourth-order valence-corrected chi connectivity index (χ4v) is 2.47. The largest absolute Gasteiger partial charge is 0.384 e. The molecule has 0 spiro atoms. The number of nitrogens with zero attached hydrogens (tertiary/aromatic N) is 2. The van der Waals surface area contributed by atoms with E-state index in [0.29, 0.717) is 0 Å². The van der Waals surface area contributed by atoms with E-state index in [4.69, 9.17) is 11.0 Å². The summed E-state index contributed by atoms with van der Waals surface area (Å²) in [6.07, 6.45) is -0.182. The van der Waals surface area contributed by atoms with Crippen molar-refractivity contribution in [3.8, 4) is 11.8 Å². The molecule has 114 valence electrons. The van der Waals surface area contributed by atoms with E-state index in [1.54, 1.807) is 0 Å². The molecule has 8 heteroatoms. The molecule has 1 aromatic carbocycles. The van der Waals surface area contributed by atoms with Crippen molar-refractivity contribution in [2.45, 2.75) is 6.42 Å². The highest BCUT2D eigenvalue weighted by atomic mass is 19.1. The topological polar surface area (TPSA) is 118 Å². The summed E-state index contributed by atoms with van der Waals surface area (Å²) in [6, 6.07) is 6.53. The number of amides is 2. The van der Waals surface area contributed by atoms with Crippen molar-refractivity contribution in [2.75, 3.05) is 5.73 Å². The van der Waals surface area contributed by atoms with Gasteiger partial charge in [0.25, 0.3) is 17.4 Å². The SMILES string of the molecule is N#CCc1cc(-n2c(N)c3c(cc2=O)C(=O)NC3=O)ccc1F. The predicted molar refractivity (Wildman–Crippen MR) is 77.5 cm³/mol. The Morgan fingerprint density at radius 2 is 1.96 bits per heavy atom. The number of imide groups is 1. The lowest BCUT2D eigenvalue weighted by Crippen LogP contribution is -2.24. The number of halogens is 1. The summed E-state index contributed by atoms with van der Waals surface area (Å²) in [5, 5.41) is 10.8. The average molecular weight is 312 g/mol. The number of hydrogen-bond acceptors (Lipinski definition) is 5. The maximum Gasteiger partial charge on any atom is 0.262 e. The quantitative estimate of drug-likeness (QED) is 0.783. The first-order valence-electron chi connectivity index (χ1n) is 6.51. The Labute approximate surface area is 128 Å². The fourth-order valence-electron chi connectivity index (χ4n) is 2.47. The number of nitriles is 1.